The van der Waals surface area contributed by atoms with Gasteiger partial charge < -0.3 is 5.11 Å². The lowest BCUT2D eigenvalue weighted by Crippen LogP contribution is -1.89. The fraction of sp³-hybridized carbons (Fsp3) is 0.133. The summed E-state index contributed by atoms with van der Waals surface area (Å²) < 4.78 is 0. The van der Waals surface area contributed by atoms with Crippen molar-refractivity contribution in [3.05, 3.63) is 48.0 Å². The van der Waals surface area contributed by atoms with Gasteiger partial charge in [0.1, 0.15) is 17.8 Å². The fourth-order valence-electron chi connectivity index (χ4n) is 2.25. The number of aromatic amines is 1. The van der Waals surface area contributed by atoms with Crippen LogP contribution in [0.3, 0.4) is 0 Å². The molecule has 5 heteroatoms. The maximum Gasteiger partial charge on any atom is 0.121 e. The summed E-state index contributed by atoms with van der Waals surface area (Å²) >= 11 is 0. The van der Waals surface area contributed by atoms with Crippen molar-refractivity contribution >= 4 is 0 Å². The first kappa shape index (κ1) is 12.3. The van der Waals surface area contributed by atoms with E-state index >= 15 is 0 Å². The zero-order valence-corrected chi connectivity index (χ0v) is 11.3. The zero-order chi connectivity index (χ0) is 14.1. The van der Waals surface area contributed by atoms with Crippen LogP contribution in [0.25, 0.3) is 22.5 Å². The first-order valence-corrected chi connectivity index (χ1v) is 6.27. The van der Waals surface area contributed by atoms with Gasteiger partial charge in [-0.15, -0.1) is 0 Å². The van der Waals surface area contributed by atoms with E-state index in [9.17, 15) is 5.11 Å². The van der Waals surface area contributed by atoms with E-state index in [4.69, 9.17) is 0 Å². The molecule has 0 radical (unpaired) electrons. The highest BCUT2D eigenvalue weighted by molar-refractivity contribution is 5.79. The number of aryl methyl sites for hydroxylation is 2. The maximum atomic E-state index is 9.87. The summed E-state index contributed by atoms with van der Waals surface area (Å²) in [5.41, 5.74) is 5.15. The number of hydrogen-bond donors (Lipinski definition) is 2. The number of nitrogens with zero attached hydrogens (tertiary/aromatic N) is 3. The lowest BCUT2D eigenvalue weighted by atomic mass is 10.0. The Labute approximate surface area is 116 Å². The summed E-state index contributed by atoms with van der Waals surface area (Å²) in [4.78, 5) is 8.17. The topological polar surface area (TPSA) is 74.7 Å². The van der Waals surface area contributed by atoms with Gasteiger partial charge in [-0.1, -0.05) is 0 Å². The third-order valence-electron chi connectivity index (χ3n) is 3.26. The van der Waals surface area contributed by atoms with Gasteiger partial charge in [-0.2, -0.15) is 5.10 Å². The van der Waals surface area contributed by atoms with Crippen molar-refractivity contribution in [2.24, 2.45) is 0 Å². The van der Waals surface area contributed by atoms with Gasteiger partial charge in [-0.3, -0.25) is 5.10 Å². The number of H-pyrrole nitrogens is 1. The number of aromatic nitrogens is 4. The molecular formula is C15H14N4O. The fourth-order valence-corrected chi connectivity index (χ4v) is 2.25. The summed E-state index contributed by atoms with van der Waals surface area (Å²) in [7, 11) is 0. The van der Waals surface area contributed by atoms with E-state index < -0.39 is 0 Å². The van der Waals surface area contributed by atoms with Gasteiger partial charge >= 0.3 is 0 Å². The number of benzene rings is 1. The molecule has 2 aromatic heterocycles. The molecule has 0 saturated carbocycles. The van der Waals surface area contributed by atoms with Gasteiger partial charge in [0.25, 0.3) is 0 Å². The normalized spacial score (nSPS) is 10.7. The van der Waals surface area contributed by atoms with Crippen molar-refractivity contribution in [1.29, 1.82) is 0 Å². The molecule has 0 amide bonds. The molecule has 0 atom stereocenters. The first-order valence-electron chi connectivity index (χ1n) is 6.27. The molecule has 2 heterocycles. The van der Waals surface area contributed by atoms with Crippen LogP contribution in [0.2, 0.25) is 0 Å². The Morgan fingerprint density at radius 3 is 2.55 bits per heavy atom. The predicted molar refractivity (Wildman–Crippen MR) is 76.2 cm³/mol. The molecule has 20 heavy (non-hydrogen) atoms. The second kappa shape index (κ2) is 4.77. The van der Waals surface area contributed by atoms with E-state index in [-0.39, 0.29) is 0 Å². The van der Waals surface area contributed by atoms with Crippen LogP contribution in [0.15, 0.2) is 36.9 Å². The molecule has 2 N–H and O–H groups in total. The number of aromatic hydroxyl groups is 1. The number of phenols is 1. The Morgan fingerprint density at radius 1 is 1.15 bits per heavy atom. The lowest BCUT2D eigenvalue weighted by molar-refractivity contribution is 0.467. The van der Waals surface area contributed by atoms with Crippen molar-refractivity contribution in [2.75, 3.05) is 0 Å². The van der Waals surface area contributed by atoms with E-state index in [1.54, 1.807) is 6.20 Å². The van der Waals surface area contributed by atoms with Crippen molar-refractivity contribution < 1.29 is 5.11 Å². The molecule has 3 aromatic rings. The van der Waals surface area contributed by atoms with Crippen molar-refractivity contribution in [3.8, 4) is 28.3 Å². The van der Waals surface area contributed by atoms with Gasteiger partial charge in [-0.05, 0) is 43.2 Å². The summed E-state index contributed by atoms with van der Waals surface area (Å²) in [6, 6.07) is 5.68. The smallest absolute Gasteiger partial charge is 0.121 e. The largest absolute Gasteiger partial charge is 0.507 e. The summed E-state index contributed by atoms with van der Waals surface area (Å²) in [5, 5.41) is 17.0. The number of rotatable bonds is 2. The molecule has 5 nitrogen and oxygen atoms in total. The lowest BCUT2D eigenvalue weighted by Gasteiger charge is -2.07. The van der Waals surface area contributed by atoms with E-state index in [1.165, 1.54) is 6.33 Å². The van der Waals surface area contributed by atoms with Crippen LogP contribution in [0.4, 0.5) is 0 Å². The van der Waals surface area contributed by atoms with Crippen LogP contribution in [0.5, 0.6) is 5.75 Å². The minimum atomic E-state index is 0.327. The highest BCUT2D eigenvalue weighted by Crippen LogP contribution is 2.33. The van der Waals surface area contributed by atoms with Gasteiger partial charge in [0.05, 0.1) is 5.69 Å². The standard InChI is InChI=1S/C15H14N4O/c1-9-5-11(6-10(2)15(9)20)14-12(7-18-19-14)13-3-4-16-8-17-13/h3-8,20H,1-2H3,(H,18,19). The molecule has 0 aliphatic rings. The molecule has 0 unspecified atom stereocenters. The monoisotopic (exact) mass is 266 g/mol. The Hall–Kier alpha value is -2.69. The third-order valence-corrected chi connectivity index (χ3v) is 3.26. The van der Waals surface area contributed by atoms with E-state index in [0.717, 1.165) is 33.6 Å². The molecule has 0 saturated heterocycles. The number of hydrogen-bond acceptors (Lipinski definition) is 4. The van der Waals surface area contributed by atoms with Gasteiger partial charge in [-0.25, -0.2) is 9.97 Å². The first-order chi connectivity index (χ1) is 9.66. The van der Waals surface area contributed by atoms with E-state index in [1.807, 2.05) is 38.2 Å². The van der Waals surface area contributed by atoms with E-state index in [2.05, 4.69) is 20.2 Å². The molecule has 0 fully saturated rings. The Balaban J connectivity index is 2.15. The van der Waals surface area contributed by atoms with Crippen LogP contribution in [0.1, 0.15) is 11.1 Å². The van der Waals surface area contributed by atoms with Crippen LogP contribution >= 0.6 is 0 Å². The van der Waals surface area contributed by atoms with Gasteiger partial charge in [0.2, 0.25) is 0 Å². The van der Waals surface area contributed by atoms with Crippen LogP contribution < -0.4 is 0 Å². The molecule has 3 rings (SSSR count). The van der Waals surface area contributed by atoms with Crippen molar-refractivity contribution in [2.45, 2.75) is 13.8 Å². The van der Waals surface area contributed by atoms with E-state index in [0.29, 0.717) is 5.75 Å². The zero-order valence-electron chi connectivity index (χ0n) is 11.3. The average Bonchev–Trinajstić information content (AvgIpc) is 2.94. The van der Waals surface area contributed by atoms with Gasteiger partial charge in [0.15, 0.2) is 0 Å². The summed E-state index contributed by atoms with van der Waals surface area (Å²) in [6.07, 6.45) is 5.03. The molecule has 0 aliphatic heterocycles. The summed E-state index contributed by atoms with van der Waals surface area (Å²) in [6.45, 7) is 3.76. The minimum Gasteiger partial charge on any atom is -0.507 e. The molecule has 0 aliphatic carbocycles. The Morgan fingerprint density at radius 2 is 1.90 bits per heavy atom. The minimum absolute atomic E-state index is 0.327. The van der Waals surface area contributed by atoms with Gasteiger partial charge in [0, 0.05) is 23.5 Å². The quantitative estimate of drug-likeness (QED) is 0.748. The number of phenolic OH excluding ortho intramolecular Hbond substituents is 1. The van der Waals surface area contributed by atoms with Crippen molar-refractivity contribution in [3.63, 3.8) is 0 Å². The molecule has 0 spiro atoms. The molecule has 1 aromatic carbocycles. The molecular weight excluding hydrogens is 252 g/mol. The predicted octanol–water partition coefficient (Wildman–Crippen LogP) is 2.86. The summed E-state index contributed by atoms with van der Waals surface area (Å²) in [5.74, 6) is 0.327. The maximum absolute atomic E-state index is 9.87. The number of nitrogens with one attached hydrogen (secondary N) is 1. The van der Waals surface area contributed by atoms with Crippen LogP contribution in [-0.2, 0) is 0 Å². The average molecular weight is 266 g/mol. The second-order valence-electron chi connectivity index (χ2n) is 4.70. The highest BCUT2D eigenvalue weighted by atomic mass is 16.3. The second-order valence-corrected chi connectivity index (χ2v) is 4.70. The van der Waals surface area contributed by atoms with Crippen LogP contribution in [-0.4, -0.2) is 25.3 Å². The van der Waals surface area contributed by atoms with Crippen molar-refractivity contribution in [1.82, 2.24) is 20.2 Å². The molecule has 0 bridgehead atoms. The third kappa shape index (κ3) is 2.03. The highest BCUT2D eigenvalue weighted by Gasteiger charge is 2.13. The molecule has 100 valence electrons. The SMILES string of the molecule is Cc1cc(-c2n[nH]cc2-c2ccncn2)cc(C)c1O. The Bertz CT molecular complexity index is 727. The Kier molecular flexibility index (Phi) is 2.95. The van der Waals surface area contributed by atoms with Crippen LogP contribution in [0, 0.1) is 13.8 Å².